The van der Waals surface area contributed by atoms with Gasteiger partial charge < -0.3 is 5.32 Å². The van der Waals surface area contributed by atoms with Crippen LogP contribution < -0.4 is 5.32 Å². The van der Waals surface area contributed by atoms with E-state index in [0.29, 0.717) is 10.8 Å². The maximum Gasteiger partial charge on any atom is 0.182 e. The van der Waals surface area contributed by atoms with Crippen molar-refractivity contribution in [3.8, 4) is 0 Å². The van der Waals surface area contributed by atoms with E-state index in [4.69, 9.17) is 0 Å². The number of benzene rings is 2. The van der Waals surface area contributed by atoms with Crippen molar-refractivity contribution in [1.29, 1.82) is 0 Å². The molecule has 0 aromatic heterocycles. The highest BCUT2D eigenvalue weighted by molar-refractivity contribution is 7.90. The third-order valence-electron chi connectivity index (χ3n) is 5.75. The predicted octanol–water partition coefficient (Wildman–Crippen LogP) is 4.43. The summed E-state index contributed by atoms with van der Waals surface area (Å²) in [5.41, 5.74) is 3.45. The Morgan fingerprint density at radius 3 is 2.19 bits per heavy atom. The molecule has 1 heterocycles. The largest absolute Gasteiger partial charge is 0.316 e. The Morgan fingerprint density at radius 2 is 1.69 bits per heavy atom. The van der Waals surface area contributed by atoms with Crippen molar-refractivity contribution in [3.05, 3.63) is 65.2 Å². The van der Waals surface area contributed by atoms with Gasteiger partial charge in [-0.3, -0.25) is 0 Å². The topological polar surface area (TPSA) is 46.2 Å². The fourth-order valence-electron chi connectivity index (χ4n) is 3.81. The van der Waals surface area contributed by atoms with E-state index in [9.17, 15) is 8.42 Å². The highest BCUT2D eigenvalue weighted by Crippen LogP contribution is 2.34. The number of sulfone groups is 1. The maximum absolute atomic E-state index is 12.8. The lowest BCUT2D eigenvalue weighted by Crippen LogP contribution is -2.28. The standard InChI is InChI=1S/C22H29NO2S/c1-4-22(13-14-23-16-22)20-9-11-21(12-10-20)26(24,25)15-18-5-7-19(8-6-18)17(2)3/h5-12,17,23H,4,13-16H2,1-3H3/t22-/m0/s1. The first-order valence-electron chi connectivity index (χ1n) is 9.49. The summed E-state index contributed by atoms with van der Waals surface area (Å²) in [6.07, 6.45) is 2.17. The Kier molecular flexibility index (Phi) is 5.54. The normalized spacial score (nSPS) is 20.6. The van der Waals surface area contributed by atoms with Crippen LogP contribution in [-0.2, 0) is 21.0 Å². The molecule has 1 saturated heterocycles. The zero-order valence-electron chi connectivity index (χ0n) is 16.0. The molecule has 1 aliphatic heterocycles. The second kappa shape index (κ2) is 7.53. The van der Waals surface area contributed by atoms with Crippen LogP contribution in [0.5, 0.6) is 0 Å². The molecular weight excluding hydrogens is 342 g/mol. The summed E-state index contributed by atoms with van der Waals surface area (Å²) in [5, 5.41) is 3.43. The van der Waals surface area contributed by atoms with Crippen molar-refractivity contribution < 1.29 is 8.42 Å². The second-order valence-corrected chi connectivity index (χ2v) is 9.73. The first-order valence-corrected chi connectivity index (χ1v) is 11.1. The molecule has 26 heavy (non-hydrogen) atoms. The summed E-state index contributed by atoms with van der Waals surface area (Å²) in [6, 6.07) is 15.5. The van der Waals surface area contributed by atoms with Gasteiger partial charge in [0.2, 0.25) is 0 Å². The van der Waals surface area contributed by atoms with Crippen LogP contribution in [0.4, 0.5) is 0 Å². The van der Waals surface area contributed by atoms with E-state index in [1.165, 1.54) is 11.1 Å². The Morgan fingerprint density at radius 1 is 1.04 bits per heavy atom. The van der Waals surface area contributed by atoms with Gasteiger partial charge in [-0.2, -0.15) is 0 Å². The van der Waals surface area contributed by atoms with Gasteiger partial charge in [-0.05, 0) is 54.1 Å². The average Bonchev–Trinajstić information content (AvgIpc) is 3.12. The second-order valence-electron chi connectivity index (χ2n) is 7.74. The van der Waals surface area contributed by atoms with E-state index in [0.717, 1.165) is 31.5 Å². The highest BCUT2D eigenvalue weighted by Gasteiger charge is 2.33. The Labute approximate surface area is 157 Å². The van der Waals surface area contributed by atoms with E-state index in [-0.39, 0.29) is 11.2 Å². The van der Waals surface area contributed by atoms with E-state index in [1.54, 1.807) is 12.1 Å². The highest BCUT2D eigenvalue weighted by atomic mass is 32.2. The van der Waals surface area contributed by atoms with Crippen LogP contribution >= 0.6 is 0 Å². The summed E-state index contributed by atoms with van der Waals surface area (Å²) < 4.78 is 25.6. The molecule has 0 unspecified atom stereocenters. The van der Waals surface area contributed by atoms with Crippen molar-refractivity contribution in [2.75, 3.05) is 13.1 Å². The summed E-state index contributed by atoms with van der Waals surface area (Å²) in [5.74, 6) is 0.495. The maximum atomic E-state index is 12.8. The van der Waals surface area contributed by atoms with Crippen molar-refractivity contribution in [1.82, 2.24) is 5.32 Å². The molecule has 0 bridgehead atoms. The number of hydrogen-bond acceptors (Lipinski definition) is 3. The lowest BCUT2D eigenvalue weighted by atomic mass is 9.77. The fourth-order valence-corrected chi connectivity index (χ4v) is 5.16. The molecule has 0 amide bonds. The fraction of sp³-hybridized carbons (Fsp3) is 0.455. The zero-order chi connectivity index (χ0) is 18.8. The van der Waals surface area contributed by atoms with Gasteiger partial charge in [-0.15, -0.1) is 0 Å². The molecule has 0 aliphatic carbocycles. The first-order chi connectivity index (χ1) is 12.4. The molecule has 1 N–H and O–H groups in total. The van der Waals surface area contributed by atoms with Gasteiger partial charge in [-0.25, -0.2) is 8.42 Å². The van der Waals surface area contributed by atoms with Crippen LogP contribution in [0.2, 0.25) is 0 Å². The Bertz CT molecular complexity index is 831. The zero-order valence-corrected chi connectivity index (χ0v) is 16.8. The molecule has 2 aromatic carbocycles. The minimum atomic E-state index is -3.33. The third-order valence-corrected chi connectivity index (χ3v) is 7.45. The van der Waals surface area contributed by atoms with Crippen LogP contribution in [-0.4, -0.2) is 21.5 Å². The van der Waals surface area contributed by atoms with Crippen LogP contribution in [0, 0.1) is 0 Å². The van der Waals surface area contributed by atoms with Crippen molar-refractivity contribution >= 4 is 9.84 Å². The summed E-state index contributed by atoms with van der Waals surface area (Å²) in [4.78, 5) is 0.409. The van der Waals surface area contributed by atoms with Crippen LogP contribution in [0.25, 0.3) is 0 Å². The summed E-state index contributed by atoms with van der Waals surface area (Å²) in [6.45, 7) is 8.48. The van der Waals surface area contributed by atoms with Crippen LogP contribution in [0.1, 0.15) is 56.2 Å². The molecule has 4 heteroatoms. The van der Waals surface area contributed by atoms with Crippen molar-refractivity contribution in [2.45, 2.75) is 55.6 Å². The molecule has 140 valence electrons. The molecule has 2 aromatic rings. The lowest BCUT2D eigenvalue weighted by Gasteiger charge is -2.27. The minimum Gasteiger partial charge on any atom is -0.316 e. The molecule has 3 nitrogen and oxygen atoms in total. The van der Waals surface area contributed by atoms with Gasteiger partial charge >= 0.3 is 0 Å². The Hall–Kier alpha value is -1.65. The van der Waals surface area contributed by atoms with Gasteiger partial charge in [0.25, 0.3) is 0 Å². The molecule has 0 radical (unpaired) electrons. The van der Waals surface area contributed by atoms with Gasteiger partial charge in [0.05, 0.1) is 10.6 Å². The summed E-state index contributed by atoms with van der Waals surface area (Å²) >= 11 is 0. The van der Waals surface area contributed by atoms with E-state index in [2.05, 4.69) is 26.1 Å². The molecule has 0 saturated carbocycles. The number of nitrogens with one attached hydrogen (secondary N) is 1. The van der Waals surface area contributed by atoms with E-state index < -0.39 is 9.84 Å². The molecule has 1 fully saturated rings. The minimum absolute atomic E-state index is 0.0468. The molecule has 3 rings (SSSR count). The van der Waals surface area contributed by atoms with Gasteiger partial charge in [0.1, 0.15) is 0 Å². The van der Waals surface area contributed by atoms with Crippen molar-refractivity contribution in [2.24, 2.45) is 0 Å². The summed E-state index contributed by atoms with van der Waals surface area (Å²) in [7, 11) is -3.33. The van der Waals surface area contributed by atoms with Gasteiger partial charge in [0.15, 0.2) is 9.84 Å². The number of hydrogen-bond donors (Lipinski definition) is 1. The molecular formula is C22H29NO2S. The van der Waals surface area contributed by atoms with Crippen molar-refractivity contribution in [3.63, 3.8) is 0 Å². The first kappa shape index (κ1) is 19.1. The lowest BCUT2D eigenvalue weighted by molar-refractivity contribution is 0.453. The van der Waals surface area contributed by atoms with Gasteiger partial charge in [-0.1, -0.05) is 57.2 Å². The monoisotopic (exact) mass is 371 g/mol. The number of rotatable bonds is 6. The van der Waals surface area contributed by atoms with Crippen LogP contribution in [0.15, 0.2) is 53.4 Å². The smallest absolute Gasteiger partial charge is 0.182 e. The van der Waals surface area contributed by atoms with E-state index in [1.807, 2.05) is 36.4 Å². The van der Waals surface area contributed by atoms with Crippen LogP contribution in [0.3, 0.4) is 0 Å². The third kappa shape index (κ3) is 3.86. The predicted molar refractivity (Wildman–Crippen MR) is 107 cm³/mol. The molecule has 0 spiro atoms. The Balaban J connectivity index is 1.79. The molecule has 1 atom stereocenters. The van der Waals surface area contributed by atoms with Gasteiger partial charge in [0, 0.05) is 12.0 Å². The SMILES string of the molecule is CC[C@]1(c2ccc(S(=O)(=O)Cc3ccc(C(C)C)cc3)cc2)CCNC1. The van der Waals surface area contributed by atoms with E-state index >= 15 is 0 Å². The quantitative estimate of drug-likeness (QED) is 0.817. The molecule has 1 aliphatic rings. The average molecular weight is 372 g/mol.